The minimum atomic E-state index is -1.19. The number of carbonyl (C=O) groups is 3. The number of halogens is 1. The molecule has 1 aromatic rings. The molecule has 3 saturated heterocycles. The fourth-order valence-electron chi connectivity index (χ4n) is 7.62. The van der Waals surface area contributed by atoms with Crippen molar-refractivity contribution in [3.63, 3.8) is 0 Å². The lowest BCUT2D eigenvalue weighted by atomic mass is 9.64. The average Bonchev–Trinajstić information content (AvgIpc) is 3.60. The molecule has 8 nitrogen and oxygen atoms in total. The van der Waals surface area contributed by atoms with E-state index in [9.17, 15) is 19.5 Å². The van der Waals surface area contributed by atoms with Crippen LogP contribution in [-0.4, -0.2) is 82.2 Å². The molecular formula is C33H46ClN3O5. The van der Waals surface area contributed by atoms with Crippen LogP contribution in [0.2, 0.25) is 5.02 Å². The van der Waals surface area contributed by atoms with Crippen LogP contribution in [0.25, 0.3) is 0 Å². The SMILES string of the molecule is C=CCN(CCC)C(=O)[C@H]1[C@H]2C(=O)N([C@@H](CO)[C@@H](C)CC)C(C(=O)N(CC=C)c3ccc(Cl)cc3)C23CC[C@]1(CC)O3. The van der Waals surface area contributed by atoms with E-state index in [0.717, 1.165) is 6.42 Å². The van der Waals surface area contributed by atoms with Crippen LogP contribution in [-0.2, 0) is 19.1 Å². The first kappa shape index (κ1) is 32.2. The van der Waals surface area contributed by atoms with Crippen LogP contribution in [0.3, 0.4) is 0 Å². The van der Waals surface area contributed by atoms with Crippen molar-refractivity contribution in [2.45, 2.75) is 83.1 Å². The van der Waals surface area contributed by atoms with Crippen molar-refractivity contribution in [1.29, 1.82) is 0 Å². The monoisotopic (exact) mass is 599 g/mol. The van der Waals surface area contributed by atoms with Crippen molar-refractivity contribution in [3.05, 3.63) is 54.6 Å². The second-order valence-corrected chi connectivity index (χ2v) is 12.4. The lowest BCUT2D eigenvalue weighted by Crippen LogP contribution is -2.60. The second-order valence-electron chi connectivity index (χ2n) is 12.0. The van der Waals surface area contributed by atoms with Crippen LogP contribution >= 0.6 is 11.6 Å². The van der Waals surface area contributed by atoms with Crippen LogP contribution in [0.5, 0.6) is 0 Å². The third kappa shape index (κ3) is 5.09. The number of hydrogen-bond acceptors (Lipinski definition) is 5. The number of fused-ring (bicyclic) bond motifs is 1. The Bertz CT molecular complexity index is 1190. The first-order valence-electron chi connectivity index (χ1n) is 15.3. The predicted molar refractivity (Wildman–Crippen MR) is 165 cm³/mol. The first-order chi connectivity index (χ1) is 20.1. The summed E-state index contributed by atoms with van der Waals surface area (Å²) in [4.78, 5) is 48.8. The van der Waals surface area contributed by atoms with Gasteiger partial charge in [0.05, 0.1) is 30.1 Å². The lowest BCUT2D eigenvalue weighted by molar-refractivity contribution is -0.154. The summed E-state index contributed by atoms with van der Waals surface area (Å²) in [6.45, 7) is 16.5. The maximum Gasteiger partial charge on any atom is 0.253 e. The Morgan fingerprint density at radius 1 is 1.14 bits per heavy atom. The molecule has 3 fully saturated rings. The first-order valence-corrected chi connectivity index (χ1v) is 15.7. The Morgan fingerprint density at radius 3 is 2.36 bits per heavy atom. The zero-order valence-electron chi connectivity index (χ0n) is 25.4. The van der Waals surface area contributed by atoms with E-state index in [4.69, 9.17) is 16.3 Å². The number of carbonyl (C=O) groups excluding carboxylic acids is 3. The summed E-state index contributed by atoms with van der Waals surface area (Å²) in [6.07, 6.45) is 6.41. The lowest BCUT2D eigenvalue weighted by Gasteiger charge is -2.41. The molecule has 2 bridgehead atoms. The average molecular weight is 600 g/mol. The topological polar surface area (TPSA) is 90.4 Å². The van der Waals surface area contributed by atoms with Crippen molar-refractivity contribution < 1.29 is 24.2 Å². The van der Waals surface area contributed by atoms with E-state index in [1.165, 1.54) is 0 Å². The largest absolute Gasteiger partial charge is 0.394 e. The molecule has 42 heavy (non-hydrogen) atoms. The molecule has 7 atom stereocenters. The number of hydrogen-bond donors (Lipinski definition) is 1. The number of amides is 3. The Balaban J connectivity index is 1.89. The number of rotatable bonds is 14. The van der Waals surface area contributed by atoms with Gasteiger partial charge in [0.25, 0.3) is 5.91 Å². The van der Waals surface area contributed by atoms with Gasteiger partial charge in [-0.15, -0.1) is 13.2 Å². The number of ether oxygens (including phenoxy) is 1. The quantitative estimate of drug-likeness (QED) is 0.309. The van der Waals surface area contributed by atoms with Gasteiger partial charge in [0.15, 0.2) is 0 Å². The highest BCUT2D eigenvalue weighted by Crippen LogP contribution is 2.65. The van der Waals surface area contributed by atoms with E-state index >= 15 is 0 Å². The normalized spacial score (nSPS) is 29.2. The molecular weight excluding hydrogens is 554 g/mol. The zero-order chi connectivity index (χ0) is 30.8. The summed E-state index contributed by atoms with van der Waals surface area (Å²) in [5.74, 6) is -2.37. The number of benzene rings is 1. The number of likely N-dealkylation sites (tertiary alicyclic amines) is 1. The highest BCUT2D eigenvalue weighted by Gasteiger charge is 2.79. The van der Waals surface area contributed by atoms with Gasteiger partial charge >= 0.3 is 0 Å². The van der Waals surface area contributed by atoms with Gasteiger partial charge < -0.3 is 24.5 Å². The molecule has 4 rings (SSSR count). The van der Waals surface area contributed by atoms with Crippen molar-refractivity contribution in [2.24, 2.45) is 17.8 Å². The van der Waals surface area contributed by atoms with E-state index in [1.54, 1.807) is 51.1 Å². The molecule has 0 aliphatic carbocycles. The molecule has 1 aromatic carbocycles. The van der Waals surface area contributed by atoms with Crippen LogP contribution in [0.4, 0.5) is 5.69 Å². The zero-order valence-corrected chi connectivity index (χ0v) is 26.2. The standard InChI is InChI=1S/C33H46ClN3O5/c1-7-18-35(19-8-2)29(39)26-27-30(40)37(25(21-38)22(6)10-4)28(33(27)17-16-32(26,11-5)42-33)31(41)36(20-9-3)24-14-12-23(34)13-15-24/h7,9,12-15,22,25-28,38H,1,3,8,10-11,16-21H2,2,4-6H3/t22-,25-,26+,27-,28?,32-,33?/m0/s1. The molecule has 0 saturated carbocycles. The van der Waals surface area contributed by atoms with Gasteiger partial charge in [0.2, 0.25) is 11.8 Å². The maximum atomic E-state index is 14.8. The van der Waals surface area contributed by atoms with Crippen LogP contribution < -0.4 is 4.90 Å². The van der Waals surface area contributed by atoms with Crippen LogP contribution in [0.1, 0.15) is 59.8 Å². The highest BCUT2D eigenvalue weighted by molar-refractivity contribution is 6.30. The van der Waals surface area contributed by atoms with Crippen LogP contribution in [0, 0.1) is 17.8 Å². The fraction of sp³-hybridized carbons (Fsp3) is 0.606. The van der Waals surface area contributed by atoms with E-state index in [0.29, 0.717) is 49.5 Å². The predicted octanol–water partition coefficient (Wildman–Crippen LogP) is 4.85. The van der Waals surface area contributed by atoms with Crippen LogP contribution in [0.15, 0.2) is 49.6 Å². The van der Waals surface area contributed by atoms with Gasteiger partial charge in [0, 0.05) is 30.3 Å². The van der Waals surface area contributed by atoms with E-state index in [1.807, 2.05) is 27.7 Å². The fourth-order valence-corrected chi connectivity index (χ4v) is 7.74. The highest BCUT2D eigenvalue weighted by atomic mass is 35.5. The van der Waals surface area contributed by atoms with Gasteiger partial charge in [-0.2, -0.15) is 0 Å². The van der Waals surface area contributed by atoms with E-state index in [-0.39, 0.29) is 36.8 Å². The van der Waals surface area contributed by atoms with E-state index in [2.05, 4.69) is 13.2 Å². The van der Waals surface area contributed by atoms with E-state index < -0.39 is 35.1 Å². The van der Waals surface area contributed by atoms with Gasteiger partial charge in [-0.3, -0.25) is 14.4 Å². The molecule has 3 aliphatic heterocycles. The second kappa shape index (κ2) is 12.9. The van der Waals surface area contributed by atoms with Gasteiger partial charge in [0.1, 0.15) is 11.6 Å². The Hall–Kier alpha value is -2.68. The smallest absolute Gasteiger partial charge is 0.253 e. The van der Waals surface area contributed by atoms with Crippen molar-refractivity contribution >= 4 is 35.0 Å². The van der Waals surface area contributed by atoms with Gasteiger partial charge in [-0.1, -0.05) is 57.9 Å². The van der Waals surface area contributed by atoms with Crippen molar-refractivity contribution in [2.75, 3.05) is 31.1 Å². The molecule has 9 heteroatoms. The number of anilines is 1. The third-order valence-electron chi connectivity index (χ3n) is 9.83. The number of aliphatic hydroxyl groups is 1. The molecule has 0 radical (unpaired) electrons. The molecule has 3 amide bonds. The minimum Gasteiger partial charge on any atom is -0.394 e. The summed E-state index contributed by atoms with van der Waals surface area (Å²) in [5, 5.41) is 11.2. The number of nitrogens with zero attached hydrogens (tertiary/aromatic N) is 3. The summed E-state index contributed by atoms with van der Waals surface area (Å²) >= 11 is 6.16. The Morgan fingerprint density at radius 2 is 1.81 bits per heavy atom. The Kier molecular flexibility index (Phi) is 9.90. The van der Waals surface area contributed by atoms with Crippen molar-refractivity contribution in [3.8, 4) is 0 Å². The summed E-state index contributed by atoms with van der Waals surface area (Å²) < 4.78 is 6.97. The number of aliphatic hydroxyl groups excluding tert-OH is 1. The molecule has 2 unspecified atom stereocenters. The molecule has 230 valence electrons. The summed E-state index contributed by atoms with van der Waals surface area (Å²) in [5.41, 5.74) is -1.42. The van der Waals surface area contributed by atoms with Gasteiger partial charge in [-0.25, -0.2) is 0 Å². The molecule has 0 aromatic heterocycles. The summed E-state index contributed by atoms with van der Waals surface area (Å²) in [6, 6.07) is 5.35. The third-order valence-corrected chi connectivity index (χ3v) is 10.1. The summed E-state index contributed by atoms with van der Waals surface area (Å²) in [7, 11) is 0. The molecule has 3 heterocycles. The molecule has 1 N–H and O–H groups in total. The molecule has 1 spiro atoms. The molecule has 3 aliphatic rings. The minimum absolute atomic E-state index is 0.0864. The van der Waals surface area contributed by atoms with Gasteiger partial charge in [-0.05, 0) is 55.9 Å². The van der Waals surface area contributed by atoms with Crippen molar-refractivity contribution in [1.82, 2.24) is 9.80 Å². The maximum absolute atomic E-state index is 14.8. The Labute approximate surface area is 255 Å².